The number of oxime groups is 1. The SMILES string of the molecule is CS(=O)(=O)NCC(O)CSc1nonc1/C(=N/O)N[C@H]1Cc2ccc(F)cc21. The maximum Gasteiger partial charge on any atom is 0.208 e. The van der Waals surface area contributed by atoms with Crippen LogP contribution in [0.15, 0.2) is 33.0 Å². The highest BCUT2D eigenvalue weighted by molar-refractivity contribution is 7.99. The summed E-state index contributed by atoms with van der Waals surface area (Å²) < 4.78 is 42.4. The quantitative estimate of drug-likeness (QED) is 0.151. The average Bonchev–Trinajstić information content (AvgIpc) is 3.09. The summed E-state index contributed by atoms with van der Waals surface area (Å²) >= 11 is 1.05. The first kappa shape index (κ1) is 20.5. The average molecular weight is 431 g/mol. The molecule has 1 aliphatic rings. The molecule has 2 aromatic rings. The second-order valence-corrected chi connectivity index (χ2v) is 9.04. The highest BCUT2D eigenvalue weighted by Crippen LogP contribution is 2.34. The lowest BCUT2D eigenvalue weighted by molar-refractivity contribution is 0.203. The largest absolute Gasteiger partial charge is 0.409 e. The van der Waals surface area contributed by atoms with Gasteiger partial charge in [-0.3, -0.25) is 0 Å². The fraction of sp³-hybridized carbons (Fsp3) is 0.400. The third kappa shape index (κ3) is 4.98. The molecule has 28 heavy (non-hydrogen) atoms. The summed E-state index contributed by atoms with van der Waals surface area (Å²) in [5.41, 5.74) is 1.88. The highest BCUT2D eigenvalue weighted by Gasteiger charge is 2.30. The fourth-order valence-corrected chi connectivity index (χ4v) is 3.93. The minimum absolute atomic E-state index is 0.00703. The summed E-state index contributed by atoms with van der Waals surface area (Å²) in [7, 11) is -3.41. The number of nitrogens with one attached hydrogen (secondary N) is 2. The molecule has 4 N–H and O–H groups in total. The number of rotatable bonds is 8. The molecular weight excluding hydrogens is 413 g/mol. The van der Waals surface area contributed by atoms with Gasteiger partial charge < -0.3 is 15.6 Å². The molecule has 3 rings (SSSR count). The molecule has 1 unspecified atom stereocenters. The number of amidine groups is 1. The van der Waals surface area contributed by atoms with Crippen LogP contribution >= 0.6 is 11.8 Å². The second-order valence-electron chi connectivity index (χ2n) is 6.20. The van der Waals surface area contributed by atoms with Gasteiger partial charge in [0.25, 0.3) is 0 Å². The van der Waals surface area contributed by atoms with E-state index in [2.05, 4.69) is 25.5 Å². The number of aromatic nitrogens is 2. The van der Waals surface area contributed by atoms with Crippen molar-refractivity contribution in [1.82, 2.24) is 20.4 Å². The van der Waals surface area contributed by atoms with Crippen molar-refractivity contribution in [3.63, 3.8) is 0 Å². The number of halogens is 1. The van der Waals surface area contributed by atoms with Gasteiger partial charge in [0, 0.05) is 12.3 Å². The molecule has 0 saturated heterocycles. The van der Waals surface area contributed by atoms with Gasteiger partial charge in [-0.25, -0.2) is 22.2 Å². The molecule has 0 fully saturated rings. The zero-order valence-electron chi connectivity index (χ0n) is 14.7. The van der Waals surface area contributed by atoms with E-state index in [9.17, 15) is 23.1 Å². The van der Waals surface area contributed by atoms with E-state index in [0.29, 0.717) is 6.42 Å². The van der Waals surface area contributed by atoms with E-state index in [1.807, 2.05) is 0 Å². The molecule has 10 nitrogen and oxygen atoms in total. The van der Waals surface area contributed by atoms with Crippen LogP contribution in [0.1, 0.15) is 22.9 Å². The molecule has 1 aliphatic carbocycles. The van der Waals surface area contributed by atoms with Crippen molar-refractivity contribution in [1.29, 1.82) is 0 Å². The molecule has 13 heteroatoms. The number of benzene rings is 1. The predicted octanol–water partition coefficient (Wildman–Crippen LogP) is 0.234. The lowest BCUT2D eigenvalue weighted by Crippen LogP contribution is -2.37. The van der Waals surface area contributed by atoms with E-state index < -0.39 is 16.1 Å². The molecule has 0 saturated carbocycles. The summed E-state index contributed by atoms with van der Waals surface area (Å²) in [6.07, 6.45) is 0.637. The zero-order valence-corrected chi connectivity index (χ0v) is 16.3. The van der Waals surface area contributed by atoms with Gasteiger partial charge in [0.1, 0.15) is 5.82 Å². The lowest BCUT2D eigenvalue weighted by atomic mass is 9.83. The van der Waals surface area contributed by atoms with Gasteiger partial charge in [-0.15, -0.1) is 0 Å². The van der Waals surface area contributed by atoms with Crippen molar-refractivity contribution < 1.29 is 27.8 Å². The monoisotopic (exact) mass is 431 g/mol. The standard InChI is InChI=1S/C15H18FN5O5S2/c1-28(24,25)17-6-10(22)7-27-15-13(20-26-21-15)14(19-23)18-12-4-8-2-3-9(16)5-11(8)12/h2-3,5,10,12,17,22-23H,4,6-7H2,1H3,(H,18,19)/t10?,12-/m0/s1. The first-order valence-corrected chi connectivity index (χ1v) is 11.0. The molecule has 0 aliphatic heterocycles. The van der Waals surface area contributed by atoms with Crippen molar-refractivity contribution in [2.24, 2.45) is 5.16 Å². The Morgan fingerprint density at radius 3 is 3.00 bits per heavy atom. The van der Waals surface area contributed by atoms with Gasteiger partial charge in [0.2, 0.25) is 10.0 Å². The predicted molar refractivity (Wildman–Crippen MR) is 98.2 cm³/mol. The third-order valence-corrected chi connectivity index (χ3v) is 5.78. The van der Waals surface area contributed by atoms with E-state index in [1.165, 1.54) is 12.1 Å². The summed E-state index contributed by atoms with van der Waals surface area (Å²) in [5.74, 6) is -0.268. The van der Waals surface area contributed by atoms with Crippen molar-refractivity contribution in [3.8, 4) is 0 Å². The number of sulfonamides is 1. The van der Waals surface area contributed by atoms with Crippen molar-refractivity contribution in [2.75, 3.05) is 18.6 Å². The highest BCUT2D eigenvalue weighted by atomic mass is 32.2. The van der Waals surface area contributed by atoms with Crippen LogP contribution in [0.2, 0.25) is 0 Å². The van der Waals surface area contributed by atoms with E-state index in [4.69, 9.17) is 4.63 Å². The van der Waals surface area contributed by atoms with Crippen LogP contribution in [-0.4, -0.2) is 59.5 Å². The van der Waals surface area contributed by atoms with Crippen LogP contribution in [0.4, 0.5) is 4.39 Å². The first-order chi connectivity index (χ1) is 13.3. The zero-order chi connectivity index (χ0) is 20.3. The number of nitrogens with zero attached hydrogens (tertiary/aromatic N) is 3. The minimum atomic E-state index is -3.41. The number of thioether (sulfide) groups is 1. The van der Waals surface area contributed by atoms with Crippen molar-refractivity contribution in [3.05, 3.63) is 40.8 Å². The van der Waals surface area contributed by atoms with E-state index in [-0.39, 0.29) is 40.7 Å². The molecule has 1 aromatic heterocycles. The van der Waals surface area contributed by atoms with Gasteiger partial charge in [-0.1, -0.05) is 23.0 Å². The Bertz CT molecular complexity index is 981. The third-order valence-electron chi connectivity index (χ3n) is 3.99. The molecule has 2 atom stereocenters. The number of hydrogen-bond donors (Lipinski definition) is 4. The Labute approximate surface area is 164 Å². The van der Waals surface area contributed by atoms with Crippen molar-refractivity contribution >= 4 is 27.6 Å². The number of aliphatic hydroxyl groups is 1. The normalized spacial score (nSPS) is 17.7. The Morgan fingerprint density at radius 1 is 1.50 bits per heavy atom. The Balaban J connectivity index is 1.62. The Kier molecular flexibility index (Phi) is 6.17. The Morgan fingerprint density at radius 2 is 2.29 bits per heavy atom. The summed E-state index contributed by atoms with van der Waals surface area (Å²) in [6.45, 7) is -0.157. The van der Waals surface area contributed by atoms with Crippen LogP contribution in [0.5, 0.6) is 0 Å². The topological polar surface area (TPSA) is 150 Å². The minimum Gasteiger partial charge on any atom is -0.409 e. The van der Waals surface area contributed by atoms with Crippen LogP contribution in [-0.2, 0) is 16.4 Å². The van der Waals surface area contributed by atoms with Crippen LogP contribution in [0.25, 0.3) is 0 Å². The molecule has 0 amide bonds. The van der Waals surface area contributed by atoms with Gasteiger partial charge in [-0.05, 0) is 40.0 Å². The molecule has 0 radical (unpaired) electrons. The summed E-state index contributed by atoms with van der Waals surface area (Å²) in [5, 5.41) is 33.0. The smallest absolute Gasteiger partial charge is 0.208 e. The van der Waals surface area contributed by atoms with E-state index in [0.717, 1.165) is 29.1 Å². The van der Waals surface area contributed by atoms with E-state index in [1.54, 1.807) is 6.07 Å². The van der Waals surface area contributed by atoms with Crippen LogP contribution < -0.4 is 10.0 Å². The summed E-state index contributed by atoms with van der Waals surface area (Å²) in [4.78, 5) is 0. The second kappa shape index (κ2) is 8.43. The van der Waals surface area contributed by atoms with Gasteiger partial charge in [0.15, 0.2) is 16.6 Å². The molecule has 1 heterocycles. The van der Waals surface area contributed by atoms with Crippen LogP contribution in [0.3, 0.4) is 0 Å². The summed E-state index contributed by atoms with van der Waals surface area (Å²) in [6, 6.07) is 4.24. The molecule has 152 valence electrons. The van der Waals surface area contributed by atoms with Crippen LogP contribution in [0, 0.1) is 5.82 Å². The van der Waals surface area contributed by atoms with Crippen molar-refractivity contribution in [2.45, 2.75) is 23.6 Å². The number of aliphatic hydroxyl groups excluding tert-OH is 1. The molecule has 0 bridgehead atoms. The van der Waals surface area contributed by atoms with E-state index >= 15 is 0 Å². The molecule has 0 spiro atoms. The maximum absolute atomic E-state index is 13.4. The Hall–Kier alpha value is -2.22. The fourth-order valence-electron chi connectivity index (χ4n) is 2.61. The first-order valence-electron chi connectivity index (χ1n) is 8.12. The van der Waals surface area contributed by atoms with Gasteiger partial charge >= 0.3 is 0 Å². The van der Waals surface area contributed by atoms with Gasteiger partial charge in [-0.2, -0.15) is 0 Å². The number of hydrogen-bond acceptors (Lipinski definition) is 9. The number of fused-ring (bicyclic) bond motifs is 1. The molecular formula is C15H18FN5O5S2. The molecule has 1 aromatic carbocycles. The maximum atomic E-state index is 13.4. The van der Waals surface area contributed by atoms with Gasteiger partial charge in [0.05, 0.1) is 18.4 Å². The lowest BCUT2D eigenvalue weighted by Gasteiger charge is -2.31.